The Morgan fingerprint density at radius 3 is 2.64 bits per heavy atom. The highest BCUT2D eigenvalue weighted by Crippen LogP contribution is 2.43. The number of urea groups is 1. The molecule has 2 amide bonds. The Morgan fingerprint density at radius 2 is 1.97 bits per heavy atom. The number of amides is 2. The Hall–Kier alpha value is -3.91. The molecule has 8 heteroatoms. The van der Waals surface area contributed by atoms with Crippen LogP contribution in [0.3, 0.4) is 0 Å². The number of aryl methyl sites for hydroxylation is 1. The van der Waals surface area contributed by atoms with Crippen LogP contribution in [0, 0.1) is 6.92 Å². The minimum Gasteiger partial charge on any atom is -0.380 e. The molecule has 8 nitrogen and oxygen atoms in total. The van der Waals surface area contributed by atoms with Gasteiger partial charge in [0.2, 0.25) is 0 Å². The van der Waals surface area contributed by atoms with Gasteiger partial charge in [0.1, 0.15) is 11.5 Å². The first-order valence-corrected chi connectivity index (χ1v) is 12.3. The van der Waals surface area contributed by atoms with Crippen molar-refractivity contribution in [1.29, 1.82) is 0 Å². The number of aromatic nitrogens is 4. The van der Waals surface area contributed by atoms with Gasteiger partial charge in [0, 0.05) is 31.5 Å². The molecule has 2 heterocycles. The summed E-state index contributed by atoms with van der Waals surface area (Å²) in [7, 11) is 3.57. The van der Waals surface area contributed by atoms with Crippen LogP contribution in [0.1, 0.15) is 54.0 Å². The number of anilines is 1. The predicted octanol–water partition coefficient (Wildman–Crippen LogP) is 5.49. The lowest BCUT2D eigenvalue weighted by Gasteiger charge is -2.20. The molecule has 1 fully saturated rings. The molecule has 1 saturated carbocycles. The summed E-state index contributed by atoms with van der Waals surface area (Å²) in [6.07, 6.45) is 6.09. The number of carbonyl (C=O) groups is 1. The molecule has 2 N–H and O–H groups in total. The standard InChI is InChI=1S/C28H32N6O2/c1-18-26(22-15-29-33(3)16-22)32-34(23-8-6-5-7-9-23)27(18)31-28(35)30-19(2)25-14-20(17-36-4)10-13-24(25)21-11-12-21/h5-10,13-16,19,21H,11-12,17H2,1-4H3,(H2,30,31,35). The predicted molar refractivity (Wildman–Crippen MR) is 140 cm³/mol. The average molecular weight is 485 g/mol. The molecule has 2 aromatic heterocycles. The van der Waals surface area contributed by atoms with Gasteiger partial charge in [-0.2, -0.15) is 10.2 Å². The van der Waals surface area contributed by atoms with Crippen molar-refractivity contribution < 1.29 is 9.53 Å². The fourth-order valence-corrected chi connectivity index (χ4v) is 4.66. The van der Waals surface area contributed by atoms with Gasteiger partial charge in [0.15, 0.2) is 0 Å². The lowest BCUT2D eigenvalue weighted by molar-refractivity contribution is 0.185. The molecular weight excluding hydrogens is 452 g/mol. The monoisotopic (exact) mass is 484 g/mol. The Morgan fingerprint density at radius 1 is 1.19 bits per heavy atom. The number of para-hydroxylation sites is 1. The van der Waals surface area contributed by atoms with Crippen LogP contribution >= 0.6 is 0 Å². The molecule has 1 aliphatic carbocycles. The molecule has 0 aliphatic heterocycles. The van der Waals surface area contributed by atoms with Gasteiger partial charge < -0.3 is 10.1 Å². The summed E-state index contributed by atoms with van der Waals surface area (Å²) < 4.78 is 8.85. The van der Waals surface area contributed by atoms with Crippen LogP contribution in [0.2, 0.25) is 0 Å². The summed E-state index contributed by atoms with van der Waals surface area (Å²) in [5.74, 6) is 1.20. The third-order valence-electron chi connectivity index (χ3n) is 6.63. The maximum Gasteiger partial charge on any atom is 0.320 e. The van der Waals surface area contributed by atoms with Gasteiger partial charge in [-0.15, -0.1) is 0 Å². The van der Waals surface area contributed by atoms with Gasteiger partial charge in [0.05, 0.1) is 24.5 Å². The summed E-state index contributed by atoms with van der Waals surface area (Å²) >= 11 is 0. The van der Waals surface area contributed by atoms with Crippen LogP contribution in [-0.4, -0.2) is 32.7 Å². The third kappa shape index (κ3) is 4.90. The SMILES string of the molecule is COCc1ccc(C2CC2)c(C(C)NC(=O)Nc2c(C)c(-c3cnn(C)c3)nn2-c2ccccc2)c1. The maximum absolute atomic E-state index is 13.3. The third-order valence-corrected chi connectivity index (χ3v) is 6.63. The molecule has 2 aromatic carbocycles. The lowest BCUT2D eigenvalue weighted by Crippen LogP contribution is -2.32. The van der Waals surface area contributed by atoms with Crippen LogP contribution < -0.4 is 10.6 Å². The van der Waals surface area contributed by atoms with E-state index in [1.807, 2.05) is 57.4 Å². The van der Waals surface area contributed by atoms with E-state index in [1.54, 1.807) is 22.7 Å². The van der Waals surface area contributed by atoms with Crippen LogP contribution in [0.5, 0.6) is 0 Å². The molecule has 0 saturated heterocycles. The molecular formula is C28H32N6O2. The number of nitrogens with zero attached hydrogens (tertiary/aromatic N) is 4. The zero-order valence-corrected chi connectivity index (χ0v) is 21.2. The van der Waals surface area contributed by atoms with Crippen molar-refractivity contribution in [2.75, 3.05) is 12.4 Å². The number of carbonyl (C=O) groups excluding carboxylic acids is 1. The summed E-state index contributed by atoms with van der Waals surface area (Å²) in [6, 6.07) is 15.8. The minimum absolute atomic E-state index is 0.163. The molecule has 0 spiro atoms. The fraction of sp³-hybridized carbons (Fsp3) is 0.321. The minimum atomic E-state index is -0.278. The zero-order chi connectivity index (χ0) is 25.2. The summed E-state index contributed by atoms with van der Waals surface area (Å²) in [5, 5.41) is 15.3. The Labute approximate surface area is 211 Å². The summed E-state index contributed by atoms with van der Waals surface area (Å²) in [6.45, 7) is 4.54. The van der Waals surface area contributed by atoms with Crippen molar-refractivity contribution in [2.45, 2.75) is 45.3 Å². The molecule has 36 heavy (non-hydrogen) atoms. The average Bonchev–Trinajstić information content (AvgIpc) is 3.56. The number of hydrogen-bond acceptors (Lipinski definition) is 4. The fourth-order valence-electron chi connectivity index (χ4n) is 4.66. The van der Waals surface area contributed by atoms with E-state index in [1.165, 1.54) is 18.4 Å². The molecule has 186 valence electrons. The normalized spacial score (nSPS) is 14.0. The number of nitrogens with one attached hydrogen (secondary N) is 2. The van der Waals surface area contributed by atoms with Crippen molar-refractivity contribution in [3.8, 4) is 16.9 Å². The molecule has 1 aliphatic rings. The van der Waals surface area contributed by atoms with E-state index in [4.69, 9.17) is 9.84 Å². The molecule has 4 aromatic rings. The van der Waals surface area contributed by atoms with Crippen molar-refractivity contribution in [2.24, 2.45) is 7.05 Å². The molecule has 5 rings (SSSR count). The molecule has 1 unspecified atom stereocenters. The Kier molecular flexibility index (Phi) is 6.61. The van der Waals surface area contributed by atoms with Gasteiger partial charge in [-0.1, -0.05) is 36.4 Å². The summed E-state index contributed by atoms with van der Waals surface area (Å²) in [5.41, 5.74) is 6.96. The maximum atomic E-state index is 13.3. The van der Waals surface area contributed by atoms with Crippen molar-refractivity contribution >= 4 is 11.8 Å². The van der Waals surface area contributed by atoms with Crippen molar-refractivity contribution in [3.63, 3.8) is 0 Å². The van der Waals surface area contributed by atoms with E-state index in [2.05, 4.69) is 33.9 Å². The van der Waals surface area contributed by atoms with Crippen LogP contribution in [0.4, 0.5) is 10.6 Å². The highest BCUT2D eigenvalue weighted by atomic mass is 16.5. The highest BCUT2D eigenvalue weighted by Gasteiger charge is 2.28. The van der Waals surface area contributed by atoms with Crippen molar-refractivity contribution in [1.82, 2.24) is 24.9 Å². The molecule has 0 bridgehead atoms. The number of hydrogen-bond donors (Lipinski definition) is 2. The second-order valence-corrected chi connectivity index (χ2v) is 9.46. The van der Waals surface area contributed by atoms with E-state index in [-0.39, 0.29) is 12.1 Å². The number of ether oxygens (including phenoxy) is 1. The van der Waals surface area contributed by atoms with E-state index in [0.29, 0.717) is 18.3 Å². The van der Waals surface area contributed by atoms with E-state index < -0.39 is 0 Å². The number of methoxy groups -OCH3 is 1. The Bertz CT molecular complexity index is 1370. The van der Waals surface area contributed by atoms with Crippen LogP contribution in [-0.2, 0) is 18.4 Å². The van der Waals surface area contributed by atoms with E-state index in [9.17, 15) is 4.79 Å². The highest BCUT2D eigenvalue weighted by molar-refractivity contribution is 5.91. The van der Waals surface area contributed by atoms with Gasteiger partial charge >= 0.3 is 6.03 Å². The second-order valence-electron chi connectivity index (χ2n) is 9.46. The number of rotatable bonds is 8. The van der Waals surface area contributed by atoms with Crippen LogP contribution in [0.25, 0.3) is 16.9 Å². The van der Waals surface area contributed by atoms with Crippen molar-refractivity contribution in [3.05, 3.63) is 83.2 Å². The largest absolute Gasteiger partial charge is 0.380 e. The van der Waals surface area contributed by atoms with Gasteiger partial charge in [0.25, 0.3) is 0 Å². The van der Waals surface area contributed by atoms with Crippen LogP contribution in [0.15, 0.2) is 60.9 Å². The van der Waals surface area contributed by atoms with Gasteiger partial charge in [-0.05, 0) is 61.4 Å². The quantitative estimate of drug-likeness (QED) is 0.346. The zero-order valence-electron chi connectivity index (χ0n) is 21.2. The molecule has 1 atom stereocenters. The molecule has 0 radical (unpaired) electrons. The van der Waals surface area contributed by atoms with Gasteiger partial charge in [-0.3, -0.25) is 10.00 Å². The lowest BCUT2D eigenvalue weighted by atomic mass is 9.95. The smallest absolute Gasteiger partial charge is 0.320 e. The second kappa shape index (κ2) is 9.99. The first kappa shape index (κ1) is 23.8. The topological polar surface area (TPSA) is 86.0 Å². The van der Waals surface area contributed by atoms with E-state index >= 15 is 0 Å². The first-order valence-electron chi connectivity index (χ1n) is 12.3. The Balaban J connectivity index is 1.43. The summed E-state index contributed by atoms with van der Waals surface area (Å²) in [4.78, 5) is 13.3. The first-order chi connectivity index (χ1) is 17.4. The van der Waals surface area contributed by atoms with Gasteiger partial charge in [-0.25, -0.2) is 9.48 Å². The van der Waals surface area contributed by atoms with E-state index in [0.717, 1.165) is 33.6 Å². The number of benzene rings is 2.